The van der Waals surface area contributed by atoms with Gasteiger partial charge in [-0.3, -0.25) is 4.79 Å². The highest BCUT2D eigenvalue weighted by Crippen LogP contribution is 2.04. The molecule has 0 amide bonds. The third-order valence-electron chi connectivity index (χ3n) is 1.95. The topological polar surface area (TPSA) is 61.5 Å². The number of nitrogens with one attached hydrogen (secondary N) is 2. The Morgan fingerprint density at radius 1 is 1.54 bits per heavy atom. The number of aryl methyl sites for hydroxylation is 1. The molecule has 0 bridgehead atoms. The molecule has 0 aromatic carbocycles. The van der Waals surface area contributed by atoms with E-state index in [2.05, 4.69) is 21.9 Å². The third-order valence-corrected chi connectivity index (χ3v) is 1.95. The van der Waals surface area contributed by atoms with Gasteiger partial charge in [0.05, 0.1) is 5.52 Å². The molecule has 0 radical (unpaired) electrons. The van der Waals surface area contributed by atoms with Crippen molar-refractivity contribution in [2.45, 2.75) is 19.8 Å². The third kappa shape index (κ3) is 1.35. The van der Waals surface area contributed by atoms with Gasteiger partial charge in [-0.15, -0.1) is 0 Å². The Kier molecular flexibility index (Phi) is 1.88. The molecule has 13 heavy (non-hydrogen) atoms. The predicted octanol–water partition coefficient (Wildman–Crippen LogP) is 1.20. The smallest absolute Gasteiger partial charge is 0.275 e. The van der Waals surface area contributed by atoms with E-state index < -0.39 is 0 Å². The first kappa shape index (κ1) is 8.04. The van der Waals surface area contributed by atoms with Gasteiger partial charge in [0.1, 0.15) is 11.3 Å². The van der Waals surface area contributed by atoms with E-state index in [0.29, 0.717) is 5.52 Å². The van der Waals surface area contributed by atoms with Crippen molar-refractivity contribution in [1.29, 1.82) is 0 Å². The number of hydrogen-bond acceptors (Lipinski definition) is 2. The zero-order chi connectivity index (χ0) is 9.26. The molecule has 0 unspecified atom stereocenters. The molecule has 0 aliphatic carbocycles. The van der Waals surface area contributed by atoms with Gasteiger partial charge in [-0.05, 0) is 12.5 Å². The quantitative estimate of drug-likeness (QED) is 0.724. The Balaban J connectivity index is 2.63. The summed E-state index contributed by atoms with van der Waals surface area (Å²) in [5.74, 6) is 0.764. The monoisotopic (exact) mass is 177 g/mol. The summed E-state index contributed by atoms with van der Waals surface area (Å²) < 4.78 is 0. The highest BCUT2D eigenvalue weighted by molar-refractivity contribution is 5.73. The van der Waals surface area contributed by atoms with Crippen molar-refractivity contribution >= 4 is 11.0 Å². The number of aromatic nitrogens is 3. The molecule has 2 rings (SSSR count). The number of fused-ring (bicyclic) bond motifs is 1. The molecule has 2 N–H and O–H groups in total. The molecule has 0 saturated carbocycles. The second kappa shape index (κ2) is 3.05. The zero-order valence-corrected chi connectivity index (χ0v) is 7.42. The van der Waals surface area contributed by atoms with Crippen molar-refractivity contribution < 1.29 is 0 Å². The van der Waals surface area contributed by atoms with E-state index in [4.69, 9.17) is 0 Å². The Morgan fingerprint density at radius 2 is 2.38 bits per heavy atom. The molecule has 0 atom stereocenters. The van der Waals surface area contributed by atoms with E-state index >= 15 is 0 Å². The molecule has 0 aliphatic heterocycles. The molecular weight excluding hydrogens is 166 g/mol. The summed E-state index contributed by atoms with van der Waals surface area (Å²) in [5, 5.41) is 0. The van der Waals surface area contributed by atoms with E-state index in [9.17, 15) is 4.79 Å². The van der Waals surface area contributed by atoms with Gasteiger partial charge in [-0.2, -0.15) is 0 Å². The Hall–Kier alpha value is -1.58. The van der Waals surface area contributed by atoms with Gasteiger partial charge in [0.2, 0.25) is 0 Å². The lowest BCUT2D eigenvalue weighted by Crippen LogP contribution is -2.11. The van der Waals surface area contributed by atoms with Crippen LogP contribution in [0.25, 0.3) is 11.0 Å². The van der Waals surface area contributed by atoms with E-state index in [1.807, 2.05) is 6.07 Å². The Labute approximate surface area is 75.0 Å². The fourth-order valence-corrected chi connectivity index (χ4v) is 1.36. The summed E-state index contributed by atoms with van der Waals surface area (Å²) in [6.45, 7) is 2.06. The molecule has 68 valence electrons. The first-order valence-corrected chi connectivity index (χ1v) is 4.37. The van der Waals surface area contributed by atoms with Crippen molar-refractivity contribution in [3.05, 3.63) is 28.4 Å². The number of rotatable bonds is 2. The minimum atomic E-state index is -0.0848. The average molecular weight is 177 g/mol. The van der Waals surface area contributed by atoms with Crippen LogP contribution in [0.3, 0.4) is 0 Å². The lowest BCUT2D eigenvalue weighted by atomic mass is 10.3. The molecule has 0 saturated heterocycles. The predicted molar refractivity (Wildman–Crippen MR) is 50.7 cm³/mol. The summed E-state index contributed by atoms with van der Waals surface area (Å²) in [6.07, 6.45) is 3.53. The van der Waals surface area contributed by atoms with Crippen LogP contribution in [-0.2, 0) is 6.42 Å². The summed E-state index contributed by atoms with van der Waals surface area (Å²) in [6, 6.07) is 1.81. The van der Waals surface area contributed by atoms with Crippen molar-refractivity contribution in [1.82, 2.24) is 15.0 Å². The molecule has 4 heteroatoms. The molecule has 2 heterocycles. The minimum Gasteiger partial charge on any atom is -0.355 e. The summed E-state index contributed by atoms with van der Waals surface area (Å²) in [5.41, 5.74) is 1.21. The molecule has 2 aromatic heterocycles. The molecule has 0 fully saturated rings. The number of hydrogen-bond donors (Lipinski definition) is 2. The van der Waals surface area contributed by atoms with E-state index in [-0.39, 0.29) is 5.56 Å². The first-order chi connectivity index (χ1) is 6.31. The van der Waals surface area contributed by atoms with Crippen molar-refractivity contribution in [3.63, 3.8) is 0 Å². The Bertz CT molecular complexity index is 469. The number of aromatic amines is 2. The van der Waals surface area contributed by atoms with E-state index in [1.54, 1.807) is 6.20 Å². The first-order valence-electron chi connectivity index (χ1n) is 4.37. The van der Waals surface area contributed by atoms with Gasteiger partial charge >= 0.3 is 0 Å². The van der Waals surface area contributed by atoms with Crippen LogP contribution in [0.1, 0.15) is 19.2 Å². The second-order valence-electron chi connectivity index (χ2n) is 3.00. The standard InChI is InChI=1S/C9H11N3O/c1-2-3-7-11-6-4-5-10-8(6)9(13)12-7/h4-5,10H,2-3H2,1H3,(H,11,12,13). The highest BCUT2D eigenvalue weighted by Gasteiger charge is 2.02. The van der Waals surface area contributed by atoms with Crippen LogP contribution >= 0.6 is 0 Å². The lowest BCUT2D eigenvalue weighted by molar-refractivity contribution is 0.837. The molecule has 2 aromatic rings. The fourth-order valence-electron chi connectivity index (χ4n) is 1.36. The van der Waals surface area contributed by atoms with Gasteiger partial charge in [0.25, 0.3) is 5.56 Å². The van der Waals surface area contributed by atoms with E-state index in [0.717, 1.165) is 24.2 Å². The van der Waals surface area contributed by atoms with Gasteiger partial charge in [-0.25, -0.2) is 4.98 Å². The molecule has 0 aliphatic rings. The maximum atomic E-state index is 11.4. The summed E-state index contributed by atoms with van der Waals surface area (Å²) in [4.78, 5) is 21.3. The Morgan fingerprint density at radius 3 is 3.15 bits per heavy atom. The number of nitrogens with zero attached hydrogens (tertiary/aromatic N) is 1. The maximum absolute atomic E-state index is 11.4. The SMILES string of the molecule is CCCc1nc2cc[nH]c2c(=O)[nH]1. The summed E-state index contributed by atoms with van der Waals surface area (Å²) >= 11 is 0. The second-order valence-corrected chi connectivity index (χ2v) is 3.00. The van der Waals surface area contributed by atoms with Crippen LogP contribution in [-0.4, -0.2) is 15.0 Å². The molecule has 0 spiro atoms. The molecule has 4 nitrogen and oxygen atoms in total. The lowest BCUT2D eigenvalue weighted by Gasteiger charge is -1.96. The average Bonchev–Trinajstić information content (AvgIpc) is 2.53. The maximum Gasteiger partial charge on any atom is 0.275 e. The van der Waals surface area contributed by atoms with Gasteiger partial charge in [0, 0.05) is 12.6 Å². The normalized spacial score (nSPS) is 10.8. The van der Waals surface area contributed by atoms with Gasteiger partial charge < -0.3 is 9.97 Å². The number of H-pyrrole nitrogens is 2. The van der Waals surface area contributed by atoms with E-state index in [1.165, 1.54) is 0 Å². The fraction of sp³-hybridized carbons (Fsp3) is 0.333. The van der Waals surface area contributed by atoms with Crippen LogP contribution in [0.4, 0.5) is 0 Å². The minimum absolute atomic E-state index is 0.0848. The molecular formula is C9H11N3O. The van der Waals surface area contributed by atoms with Gasteiger partial charge in [-0.1, -0.05) is 6.92 Å². The van der Waals surface area contributed by atoms with Crippen LogP contribution in [0.15, 0.2) is 17.1 Å². The van der Waals surface area contributed by atoms with Crippen molar-refractivity contribution in [2.24, 2.45) is 0 Å². The summed E-state index contributed by atoms with van der Waals surface area (Å²) in [7, 11) is 0. The largest absolute Gasteiger partial charge is 0.355 e. The zero-order valence-electron chi connectivity index (χ0n) is 7.42. The van der Waals surface area contributed by atoms with Crippen LogP contribution in [0, 0.1) is 0 Å². The van der Waals surface area contributed by atoms with Crippen LogP contribution in [0.5, 0.6) is 0 Å². The van der Waals surface area contributed by atoms with Crippen LogP contribution in [0.2, 0.25) is 0 Å². The highest BCUT2D eigenvalue weighted by atomic mass is 16.1. The van der Waals surface area contributed by atoms with Crippen molar-refractivity contribution in [3.8, 4) is 0 Å². The van der Waals surface area contributed by atoms with Gasteiger partial charge in [0.15, 0.2) is 0 Å². The van der Waals surface area contributed by atoms with Crippen molar-refractivity contribution in [2.75, 3.05) is 0 Å². The van der Waals surface area contributed by atoms with Crippen LogP contribution < -0.4 is 5.56 Å².